The predicted octanol–water partition coefficient (Wildman–Crippen LogP) is 2.46. The maximum Gasteiger partial charge on any atom is 0.191 e. The maximum atomic E-state index is 6.00. The first-order valence-electron chi connectivity index (χ1n) is 9.14. The molecule has 2 rings (SSSR count). The van der Waals surface area contributed by atoms with Crippen LogP contribution < -0.4 is 10.6 Å². The third-order valence-corrected chi connectivity index (χ3v) is 4.37. The third-order valence-electron chi connectivity index (χ3n) is 4.37. The second-order valence-corrected chi connectivity index (χ2v) is 6.27. The lowest BCUT2D eigenvalue weighted by Gasteiger charge is -2.17. The standard InChI is InChI=1S/C17H33N3O2/c1-2-18-17(20-14-16-10-7-12-21-16)19-11-13-22-15-8-5-3-4-6-9-15/h15-16H,2-14H2,1H3,(H2,18,19,20). The monoisotopic (exact) mass is 311 g/mol. The molecule has 0 aromatic heterocycles. The summed E-state index contributed by atoms with van der Waals surface area (Å²) in [6.45, 7) is 6.17. The number of hydrogen-bond donors (Lipinski definition) is 2. The molecule has 2 N–H and O–H groups in total. The minimum atomic E-state index is 0.303. The lowest BCUT2D eigenvalue weighted by molar-refractivity contribution is 0.0468. The molecular weight excluding hydrogens is 278 g/mol. The minimum Gasteiger partial charge on any atom is -0.376 e. The Morgan fingerprint density at radius 2 is 1.91 bits per heavy atom. The first kappa shape index (κ1) is 17.5. The molecule has 0 aromatic carbocycles. The molecule has 0 radical (unpaired) electrons. The van der Waals surface area contributed by atoms with Gasteiger partial charge >= 0.3 is 0 Å². The van der Waals surface area contributed by atoms with Crippen molar-refractivity contribution in [3.63, 3.8) is 0 Å². The Hall–Kier alpha value is -0.810. The Morgan fingerprint density at radius 3 is 2.59 bits per heavy atom. The van der Waals surface area contributed by atoms with Gasteiger partial charge in [0.1, 0.15) is 0 Å². The van der Waals surface area contributed by atoms with E-state index in [4.69, 9.17) is 9.47 Å². The molecule has 5 nitrogen and oxygen atoms in total. The Kier molecular flexibility index (Phi) is 8.64. The Bertz CT molecular complexity index is 309. The SMILES string of the molecule is CCNC(=NCC1CCCO1)NCCOC1CCCCCC1. The van der Waals surface area contributed by atoms with Gasteiger partial charge in [0.15, 0.2) is 5.96 Å². The topological polar surface area (TPSA) is 54.9 Å². The summed E-state index contributed by atoms with van der Waals surface area (Å²) in [5.41, 5.74) is 0. The van der Waals surface area contributed by atoms with Gasteiger partial charge in [-0.1, -0.05) is 25.7 Å². The molecule has 0 amide bonds. The molecular formula is C17H33N3O2. The van der Waals surface area contributed by atoms with E-state index in [1.54, 1.807) is 0 Å². The maximum absolute atomic E-state index is 6.00. The minimum absolute atomic E-state index is 0.303. The van der Waals surface area contributed by atoms with Gasteiger partial charge in [-0.25, -0.2) is 0 Å². The summed E-state index contributed by atoms with van der Waals surface area (Å²) in [6.07, 6.45) is 10.9. The van der Waals surface area contributed by atoms with E-state index < -0.39 is 0 Å². The number of nitrogens with one attached hydrogen (secondary N) is 2. The fourth-order valence-electron chi connectivity index (χ4n) is 3.13. The Balaban J connectivity index is 1.61. The van der Waals surface area contributed by atoms with Crippen molar-refractivity contribution in [1.29, 1.82) is 0 Å². The van der Waals surface area contributed by atoms with Crippen LogP contribution in [0.1, 0.15) is 58.3 Å². The van der Waals surface area contributed by atoms with E-state index in [1.807, 2.05) is 0 Å². The van der Waals surface area contributed by atoms with Crippen LogP contribution in [0.2, 0.25) is 0 Å². The van der Waals surface area contributed by atoms with E-state index in [2.05, 4.69) is 22.5 Å². The van der Waals surface area contributed by atoms with Gasteiger partial charge in [0.25, 0.3) is 0 Å². The lowest BCUT2D eigenvalue weighted by Crippen LogP contribution is -2.39. The van der Waals surface area contributed by atoms with Crippen LogP contribution in [0.4, 0.5) is 0 Å². The average Bonchev–Trinajstić information content (AvgIpc) is 2.92. The van der Waals surface area contributed by atoms with Gasteiger partial charge < -0.3 is 20.1 Å². The molecule has 1 aliphatic carbocycles. The van der Waals surface area contributed by atoms with Crippen LogP contribution in [-0.2, 0) is 9.47 Å². The second-order valence-electron chi connectivity index (χ2n) is 6.27. The highest BCUT2D eigenvalue weighted by molar-refractivity contribution is 5.79. The fraction of sp³-hybridized carbons (Fsp3) is 0.941. The molecule has 2 fully saturated rings. The van der Waals surface area contributed by atoms with Crippen molar-refractivity contribution in [1.82, 2.24) is 10.6 Å². The molecule has 5 heteroatoms. The van der Waals surface area contributed by atoms with Gasteiger partial charge in [0, 0.05) is 19.7 Å². The predicted molar refractivity (Wildman–Crippen MR) is 90.4 cm³/mol. The van der Waals surface area contributed by atoms with E-state index in [0.29, 0.717) is 12.2 Å². The van der Waals surface area contributed by atoms with Gasteiger partial charge in [-0.05, 0) is 32.6 Å². The van der Waals surface area contributed by atoms with Gasteiger partial charge in [0.2, 0.25) is 0 Å². The molecule has 128 valence electrons. The zero-order valence-electron chi connectivity index (χ0n) is 14.1. The second kappa shape index (κ2) is 10.8. The summed E-state index contributed by atoms with van der Waals surface area (Å²) < 4.78 is 11.6. The van der Waals surface area contributed by atoms with E-state index in [1.165, 1.54) is 44.9 Å². The summed E-state index contributed by atoms with van der Waals surface area (Å²) in [5, 5.41) is 6.64. The van der Waals surface area contributed by atoms with Crippen LogP contribution in [0.3, 0.4) is 0 Å². The first-order chi connectivity index (χ1) is 10.9. The van der Waals surface area contributed by atoms with E-state index in [9.17, 15) is 0 Å². The molecule has 1 saturated carbocycles. The van der Waals surface area contributed by atoms with Crippen molar-refractivity contribution in [3.8, 4) is 0 Å². The average molecular weight is 311 g/mol. The van der Waals surface area contributed by atoms with Crippen molar-refractivity contribution in [2.45, 2.75) is 70.5 Å². The molecule has 0 bridgehead atoms. The molecule has 1 unspecified atom stereocenters. The molecule has 0 spiro atoms. The van der Waals surface area contributed by atoms with Gasteiger partial charge in [0.05, 0.1) is 25.4 Å². The molecule has 0 aromatic rings. The highest BCUT2D eigenvalue weighted by Gasteiger charge is 2.15. The molecule has 1 aliphatic heterocycles. The lowest BCUT2D eigenvalue weighted by atomic mass is 10.1. The number of aliphatic imine (C=N–C) groups is 1. The highest BCUT2D eigenvalue weighted by Crippen LogP contribution is 2.19. The molecule has 1 saturated heterocycles. The van der Waals surface area contributed by atoms with Crippen LogP contribution in [0, 0.1) is 0 Å². The molecule has 2 aliphatic rings. The van der Waals surface area contributed by atoms with Gasteiger partial charge in [-0.15, -0.1) is 0 Å². The number of nitrogens with zero attached hydrogens (tertiary/aromatic N) is 1. The smallest absolute Gasteiger partial charge is 0.191 e. The van der Waals surface area contributed by atoms with Crippen LogP contribution in [0.5, 0.6) is 0 Å². The highest BCUT2D eigenvalue weighted by atomic mass is 16.5. The number of hydrogen-bond acceptors (Lipinski definition) is 3. The fourth-order valence-corrected chi connectivity index (χ4v) is 3.13. The largest absolute Gasteiger partial charge is 0.376 e. The first-order valence-corrected chi connectivity index (χ1v) is 9.14. The van der Waals surface area contributed by atoms with Crippen LogP contribution in [-0.4, -0.2) is 51.0 Å². The normalized spacial score (nSPS) is 24.2. The quantitative estimate of drug-likeness (QED) is 0.328. The van der Waals surface area contributed by atoms with Crippen molar-refractivity contribution in [3.05, 3.63) is 0 Å². The van der Waals surface area contributed by atoms with Crippen LogP contribution >= 0.6 is 0 Å². The van der Waals surface area contributed by atoms with Crippen LogP contribution in [0.15, 0.2) is 4.99 Å². The molecule has 1 heterocycles. The van der Waals surface area contributed by atoms with E-state index in [0.717, 1.165) is 45.2 Å². The number of ether oxygens (including phenoxy) is 2. The van der Waals surface area contributed by atoms with Gasteiger partial charge in [-0.3, -0.25) is 4.99 Å². The van der Waals surface area contributed by atoms with Crippen molar-refractivity contribution in [2.24, 2.45) is 4.99 Å². The van der Waals surface area contributed by atoms with Gasteiger partial charge in [-0.2, -0.15) is 0 Å². The zero-order valence-corrected chi connectivity index (χ0v) is 14.1. The summed E-state index contributed by atoms with van der Waals surface area (Å²) in [7, 11) is 0. The van der Waals surface area contributed by atoms with Crippen molar-refractivity contribution >= 4 is 5.96 Å². The molecule has 1 atom stereocenters. The number of guanidine groups is 1. The summed E-state index contributed by atoms with van der Waals surface area (Å²) in [6, 6.07) is 0. The van der Waals surface area contributed by atoms with E-state index in [-0.39, 0.29) is 0 Å². The number of rotatable bonds is 7. The van der Waals surface area contributed by atoms with Crippen molar-refractivity contribution < 1.29 is 9.47 Å². The third kappa shape index (κ3) is 6.97. The van der Waals surface area contributed by atoms with Crippen LogP contribution in [0.25, 0.3) is 0 Å². The summed E-state index contributed by atoms with van der Waals surface area (Å²) >= 11 is 0. The van der Waals surface area contributed by atoms with E-state index >= 15 is 0 Å². The molecule has 22 heavy (non-hydrogen) atoms. The van der Waals surface area contributed by atoms with Crippen molar-refractivity contribution in [2.75, 3.05) is 32.8 Å². The Labute approximate surface area is 135 Å². The Morgan fingerprint density at radius 1 is 1.09 bits per heavy atom. The summed E-state index contributed by atoms with van der Waals surface area (Å²) in [5.74, 6) is 0.877. The summed E-state index contributed by atoms with van der Waals surface area (Å²) in [4.78, 5) is 4.61. The zero-order chi connectivity index (χ0) is 15.5.